The maximum absolute atomic E-state index is 12.0. The molecule has 0 saturated carbocycles. The molecule has 1 aromatic carbocycles. The summed E-state index contributed by atoms with van der Waals surface area (Å²) in [6, 6.07) is 10.5. The molecule has 2 N–H and O–H groups in total. The Hall–Kier alpha value is -2.76. The van der Waals surface area contributed by atoms with Gasteiger partial charge in [-0.15, -0.1) is 0 Å². The number of aromatic nitrogens is 1. The second kappa shape index (κ2) is 7.49. The molecule has 6 nitrogen and oxygen atoms in total. The van der Waals surface area contributed by atoms with Crippen molar-refractivity contribution in [2.45, 2.75) is 20.4 Å². The topological polar surface area (TPSA) is 72.4 Å². The van der Waals surface area contributed by atoms with Gasteiger partial charge in [-0.25, -0.2) is 4.79 Å². The lowest BCUT2D eigenvalue weighted by atomic mass is 10.2. The highest BCUT2D eigenvalue weighted by atomic mass is 16.5. The van der Waals surface area contributed by atoms with Crippen molar-refractivity contribution in [2.24, 2.45) is 0 Å². The Balaban J connectivity index is 1.90. The van der Waals surface area contributed by atoms with E-state index in [0.29, 0.717) is 18.8 Å². The fourth-order valence-corrected chi connectivity index (χ4v) is 2.28. The number of nitrogens with one attached hydrogen (secondary N) is 2. The largest absolute Gasteiger partial charge is 0.496 e. The van der Waals surface area contributed by atoms with E-state index in [0.717, 1.165) is 16.9 Å². The molecule has 23 heavy (non-hydrogen) atoms. The van der Waals surface area contributed by atoms with Gasteiger partial charge in [-0.1, -0.05) is 12.1 Å². The normalized spacial score (nSPS) is 10.2. The molecule has 0 unspecified atom stereocenters. The first-order valence-electron chi connectivity index (χ1n) is 7.36. The molecule has 0 aliphatic rings. The van der Waals surface area contributed by atoms with Gasteiger partial charge in [-0.2, -0.15) is 0 Å². The van der Waals surface area contributed by atoms with Crippen LogP contribution in [-0.2, 0) is 6.54 Å². The minimum atomic E-state index is -0.296. The lowest BCUT2D eigenvalue weighted by Gasteiger charge is -2.12. The molecule has 0 fully saturated rings. The third-order valence-electron chi connectivity index (χ3n) is 3.44. The molecule has 0 radical (unpaired) electrons. The fraction of sp³-hybridized carbons (Fsp3) is 0.294. The summed E-state index contributed by atoms with van der Waals surface area (Å²) < 4.78 is 6.65. The third-order valence-corrected chi connectivity index (χ3v) is 3.44. The summed E-state index contributed by atoms with van der Waals surface area (Å²) in [6.07, 6.45) is 0. The molecule has 1 aromatic heterocycles. The Labute approximate surface area is 135 Å². The minimum absolute atomic E-state index is 0.150. The van der Waals surface area contributed by atoms with Gasteiger partial charge in [0.15, 0.2) is 0 Å². The summed E-state index contributed by atoms with van der Waals surface area (Å²) in [5.41, 5.74) is 2.45. The number of benzene rings is 1. The zero-order valence-corrected chi connectivity index (χ0v) is 13.6. The SMILES string of the molecule is COc1cc(C)n(CCNC(=O)Nc2cccc(C)c2)c(=O)c1. The lowest BCUT2D eigenvalue weighted by Crippen LogP contribution is -2.34. The summed E-state index contributed by atoms with van der Waals surface area (Å²) in [5, 5.41) is 5.50. The van der Waals surface area contributed by atoms with Crippen LogP contribution in [0.4, 0.5) is 10.5 Å². The molecule has 2 amide bonds. The summed E-state index contributed by atoms with van der Waals surface area (Å²) in [6.45, 7) is 4.54. The van der Waals surface area contributed by atoms with E-state index < -0.39 is 0 Å². The first-order chi connectivity index (χ1) is 11.0. The standard InChI is InChI=1S/C17H21N3O3/c1-12-5-4-6-14(9-12)19-17(22)18-7-8-20-13(2)10-15(23-3)11-16(20)21/h4-6,9-11H,7-8H2,1-3H3,(H2,18,19,22). The number of methoxy groups -OCH3 is 1. The molecule has 122 valence electrons. The van der Waals surface area contributed by atoms with Crippen molar-refractivity contribution in [3.8, 4) is 5.75 Å². The van der Waals surface area contributed by atoms with Crippen LogP contribution < -0.4 is 20.9 Å². The van der Waals surface area contributed by atoms with Crippen LogP contribution in [0, 0.1) is 13.8 Å². The number of hydrogen-bond donors (Lipinski definition) is 2. The quantitative estimate of drug-likeness (QED) is 0.889. The van der Waals surface area contributed by atoms with Crippen LogP contribution in [0.15, 0.2) is 41.2 Å². The van der Waals surface area contributed by atoms with Crippen LogP contribution in [0.3, 0.4) is 0 Å². The summed E-state index contributed by atoms with van der Waals surface area (Å²) in [7, 11) is 1.52. The molecule has 2 rings (SSSR count). The number of ether oxygens (including phenoxy) is 1. The van der Waals surface area contributed by atoms with Gasteiger partial charge in [0.25, 0.3) is 5.56 Å². The monoisotopic (exact) mass is 315 g/mol. The van der Waals surface area contributed by atoms with Gasteiger partial charge in [-0.3, -0.25) is 4.79 Å². The average Bonchev–Trinajstić information content (AvgIpc) is 2.49. The Morgan fingerprint density at radius 3 is 2.65 bits per heavy atom. The molecule has 0 atom stereocenters. The van der Waals surface area contributed by atoms with Crippen molar-refractivity contribution in [2.75, 3.05) is 19.0 Å². The third kappa shape index (κ3) is 4.60. The van der Waals surface area contributed by atoms with Gasteiger partial charge in [0.05, 0.1) is 7.11 Å². The number of hydrogen-bond acceptors (Lipinski definition) is 3. The second-order valence-corrected chi connectivity index (χ2v) is 5.28. The summed E-state index contributed by atoms with van der Waals surface area (Å²) in [4.78, 5) is 23.8. The average molecular weight is 315 g/mol. The number of aryl methyl sites for hydroxylation is 2. The van der Waals surface area contributed by atoms with Gasteiger partial charge in [0.2, 0.25) is 0 Å². The summed E-state index contributed by atoms with van der Waals surface area (Å²) in [5.74, 6) is 0.536. The van der Waals surface area contributed by atoms with Crippen LogP contribution in [0.1, 0.15) is 11.3 Å². The smallest absolute Gasteiger partial charge is 0.319 e. The Kier molecular flexibility index (Phi) is 5.41. The van der Waals surface area contributed by atoms with Crippen LogP contribution in [0.5, 0.6) is 5.75 Å². The van der Waals surface area contributed by atoms with E-state index in [-0.39, 0.29) is 11.6 Å². The van der Waals surface area contributed by atoms with E-state index in [9.17, 15) is 9.59 Å². The lowest BCUT2D eigenvalue weighted by molar-refractivity contribution is 0.251. The molecular formula is C17H21N3O3. The van der Waals surface area contributed by atoms with Crippen molar-refractivity contribution in [1.82, 2.24) is 9.88 Å². The van der Waals surface area contributed by atoms with Gasteiger partial charge < -0.3 is 19.9 Å². The first-order valence-corrected chi connectivity index (χ1v) is 7.36. The van der Waals surface area contributed by atoms with Gasteiger partial charge >= 0.3 is 6.03 Å². The molecule has 0 aliphatic heterocycles. The predicted octanol–water partition coefficient (Wildman–Crippen LogP) is 2.30. The van der Waals surface area contributed by atoms with E-state index in [1.54, 1.807) is 10.6 Å². The van der Waals surface area contributed by atoms with Crippen LogP contribution in [0.25, 0.3) is 0 Å². The predicted molar refractivity (Wildman–Crippen MR) is 90.2 cm³/mol. The van der Waals surface area contributed by atoms with Gasteiger partial charge in [0.1, 0.15) is 5.75 Å². The minimum Gasteiger partial charge on any atom is -0.496 e. The molecular weight excluding hydrogens is 294 g/mol. The molecule has 6 heteroatoms. The highest BCUT2D eigenvalue weighted by Crippen LogP contribution is 2.09. The Bertz CT molecular complexity index is 753. The number of carbonyl (C=O) groups is 1. The number of carbonyl (C=O) groups excluding carboxylic acids is 1. The number of pyridine rings is 1. The number of rotatable bonds is 5. The van der Waals surface area contributed by atoms with E-state index in [2.05, 4.69) is 10.6 Å². The molecule has 0 bridgehead atoms. The van der Waals surface area contributed by atoms with Gasteiger partial charge in [-0.05, 0) is 37.6 Å². The van der Waals surface area contributed by atoms with Crippen molar-refractivity contribution in [3.63, 3.8) is 0 Å². The van der Waals surface area contributed by atoms with Crippen molar-refractivity contribution in [3.05, 3.63) is 58.0 Å². The van der Waals surface area contributed by atoms with Crippen LogP contribution in [-0.4, -0.2) is 24.3 Å². The van der Waals surface area contributed by atoms with Crippen molar-refractivity contribution >= 4 is 11.7 Å². The Morgan fingerprint density at radius 1 is 1.22 bits per heavy atom. The van der Waals surface area contributed by atoms with E-state index in [4.69, 9.17) is 4.74 Å². The number of urea groups is 1. The molecule has 0 saturated heterocycles. The fourth-order valence-electron chi connectivity index (χ4n) is 2.28. The van der Waals surface area contributed by atoms with E-state index in [1.807, 2.05) is 38.1 Å². The second-order valence-electron chi connectivity index (χ2n) is 5.28. The van der Waals surface area contributed by atoms with Crippen LogP contribution >= 0.6 is 0 Å². The maximum Gasteiger partial charge on any atom is 0.319 e. The van der Waals surface area contributed by atoms with Crippen molar-refractivity contribution in [1.29, 1.82) is 0 Å². The zero-order valence-electron chi connectivity index (χ0n) is 13.6. The molecule has 0 spiro atoms. The summed E-state index contributed by atoms with van der Waals surface area (Å²) >= 11 is 0. The molecule has 1 heterocycles. The highest BCUT2D eigenvalue weighted by molar-refractivity contribution is 5.89. The highest BCUT2D eigenvalue weighted by Gasteiger charge is 2.05. The van der Waals surface area contributed by atoms with Crippen LogP contribution in [0.2, 0.25) is 0 Å². The number of nitrogens with zero attached hydrogens (tertiary/aromatic N) is 1. The number of amides is 2. The number of anilines is 1. The van der Waals surface area contributed by atoms with Crippen molar-refractivity contribution < 1.29 is 9.53 Å². The molecule has 0 aliphatic carbocycles. The van der Waals surface area contributed by atoms with Gasteiger partial charge in [0, 0.05) is 30.5 Å². The maximum atomic E-state index is 12.0. The first kappa shape index (κ1) is 16.6. The van der Waals surface area contributed by atoms with E-state index >= 15 is 0 Å². The Morgan fingerprint density at radius 2 is 2.00 bits per heavy atom. The zero-order chi connectivity index (χ0) is 16.8. The van der Waals surface area contributed by atoms with E-state index in [1.165, 1.54) is 13.2 Å². The molecule has 2 aromatic rings.